The average Bonchev–Trinajstić information content (AvgIpc) is 2.60. The van der Waals surface area contributed by atoms with Crippen molar-refractivity contribution >= 4 is 11.9 Å². The molecule has 0 radical (unpaired) electrons. The van der Waals surface area contributed by atoms with E-state index in [-0.39, 0.29) is 18.0 Å². The van der Waals surface area contributed by atoms with E-state index < -0.39 is 5.41 Å². The van der Waals surface area contributed by atoms with Crippen molar-refractivity contribution in [3.05, 3.63) is 47.0 Å². The third-order valence-corrected chi connectivity index (χ3v) is 4.39. The van der Waals surface area contributed by atoms with Crippen molar-refractivity contribution in [2.24, 2.45) is 5.41 Å². The Balaban J connectivity index is 2.24. The van der Waals surface area contributed by atoms with Gasteiger partial charge in [0.15, 0.2) is 0 Å². The number of hydroxylamine groups is 2. The lowest BCUT2D eigenvalue weighted by Crippen LogP contribution is -2.39. The molecule has 1 aliphatic rings. The molecule has 1 saturated heterocycles. The highest BCUT2D eigenvalue weighted by Gasteiger charge is 2.33. The third-order valence-electron chi connectivity index (χ3n) is 4.39. The zero-order chi connectivity index (χ0) is 18.6. The molecule has 25 heavy (non-hydrogen) atoms. The second-order valence-electron chi connectivity index (χ2n) is 7.30. The molecular weight excluding hydrogens is 318 g/mol. The lowest BCUT2D eigenvalue weighted by molar-refractivity contribution is -0.215. The largest absolute Gasteiger partial charge is 0.465 e. The molecule has 0 aromatic heterocycles. The number of carbonyl (C=O) groups excluding carboxylic acids is 2. The Hall–Kier alpha value is -2.14. The summed E-state index contributed by atoms with van der Waals surface area (Å²) in [4.78, 5) is 29.6. The molecule has 0 amide bonds. The topological polar surface area (TPSA) is 55.8 Å². The van der Waals surface area contributed by atoms with Crippen molar-refractivity contribution in [3.8, 4) is 0 Å². The van der Waals surface area contributed by atoms with E-state index in [1.165, 1.54) is 12.7 Å². The van der Waals surface area contributed by atoms with Gasteiger partial charge in [-0.05, 0) is 58.2 Å². The molecule has 1 aliphatic heterocycles. The molecule has 1 unspecified atom stereocenters. The summed E-state index contributed by atoms with van der Waals surface area (Å²) in [6.45, 7) is 8.22. The Bertz CT molecular complexity index is 655. The number of methoxy groups -OCH3 is 1. The van der Waals surface area contributed by atoms with Gasteiger partial charge in [0.2, 0.25) is 0 Å². The van der Waals surface area contributed by atoms with Crippen LogP contribution in [-0.2, 0) is 14.4 Å². The minimum Gasteiger partial charge on any atom is -0.465 e. The van der Waals surface area contributed by atoms with Gasteiger partial charge >= 0.3 is 11.9 Å². The SMILES string of the molecule is CC=C1CCN(OC(=O)C(C)(C)C)C(c2ccc(C(=O)OC)cc2)C1. The first-order chi connectivity index (χ1) is 11.8. The predicted molar refractivity (Wildman–Crippen MR) is 95.8 cm³/mol. The maximum absolute atomic E-state index is 12.3. The van der Waals surface area contributed by atoms with Crippen LogP contribution < -0.4 is 0 Å². The number of esters is 1. The van der Waals surface area contributed by atoms with Crippen LogP contribution in [0.5, 0.6) is 0 Å². The average molecular weight is 345 g/mol. The molecule has 136 valence electrons. The summed E-state index contributed by atoms with van der Waals surface area (Å²) in [6.07, 6.45) is 3.80. The van der Waals surface area contributed by atoms with Gasteiger partial charge < -0.3 is 9.57 Å². The van der Waals surface area contributed by atoms with Crippen molar-refractivity contribution in [2.45, 2.75) is 46.6 Å². The van der Waals surface area contributed by atoms with Crippen molar-refractivity contribution < 1.29 is 19.2 Å². The molecule has 0 N–H and O–H groups in total. The first kappa shape index (κ1) is 19.2. The molecule has 2 rings (SSSR count). The molecule has 5 nitrogen and oxygen atoms in total. The molecule has 0 saturated carbocycles. The number of rotatable bonds is 3. The minimum absolute atomic E-state index is 0.0575. The second kappa shape index (κ2) is 7.83. The van der Waals surface area contributed by atoms with E-state index >= 15 is 0 Å². The van der Waals surface area contributed by atoms with Crippen molar-refractivity contribution in [2.75, 3.05) is 13.7 Å². The van der Waals surface area contributed by atoms with Crippen LogP contribution in [0, 0.1) is 5.41 Å². The summed E-state index contributed by atoms with van der Waals surface area (Å²) >= 11 is 0. The normalized spacial score (nSPS) is 20.4. The van der Waals surface area contributed by atoms with Crippen LogP contribution in [0.2, 0.25) is 0 Å². The molecule has 0 spiro atoms. The van der Waals surface area contributed by atoms with Gasteiger partial charge in [-0.25, -0.2) is 9.59 Å². The fourth-order valence-corrected chi connectivity index (χ4v) is 2.72. The lowest BCUT2D eigenvalue weighted by atomic mass is 9.92. The van der Waals surface area contributed by atoms with Gasteiger partial charge in [-0.15, -0.1) is 5.06 Å². The van der Waals surface area contributed by atoms with Gasteiger partial charge in [-0.2, -0.15) is 0 Å². The van der Waals surface area contributed by atoms with Crippen molar-refractivity contribution in [1.29, 1.82) is 0 Å². The summed E-state index contributed by atoms with van der Waals surface area (Å²) < 4.78 is 4.74. The molecule has 1 fully saturated rings. The highest BCUT2D eigenvalue weighted by Crippen LogP contribution is 2.35. The highest BCUT2D eigenvalue weighted by atomic mass is 16.7. The molecule has 1 atom stereocenters. The van der Waals surface area contributed by atoms with E-state index in [0.29, 0.717) is 12.1 Å². The molecular formula is C20H27NO4. The molecule has 0 aliphatic carbocycles. The van der Waals surface area contributed by atoms with E-state index in [4.69, 9.17) is 9.57 Å². The zero-order valence-corrected chi connectivity index (χ0v) is 15.7. The number of benzene rings is 1. The Morgan fingerprint density at radius 3 is 2.36 bits per heavy atom. The summed E-state index contributed by atoms with van der Waals surface area (Å²) in [5, 5.41) is 1.77. The Labute approximate surface area is 149 Å². The number of hydrogen-bond donors (Lipinski definition) is 0. The van der Waals surface area contributed by atoms with Crippen LogP contribution in [0.1, 0.15) is 62.5 Å². The first-order valence-corrected chi connectivity index (χ1v) is 8.57. The first-order valence-electron chi connectivity index (χ1n) is 8.57. The van der Waals surface area contributed by atoms with E-state index in [9.17, 15) is 9.59 Å². The fourth-order valence-electron chi connectivity index (χ4n) is 2.72. The van der Waals surface area contributed by atoms with E-state index in [1.807, 2.05) is 39.8 Å². The van der Waals surface area contributed by atoms with Crippen LogP contribution in [0.4, 0.5) is 0 Å². The van der Waals surface area contributed by atoms with Gasteiger partial charge in [-0.3, -0.25) is 0 Å². The van der Waals surface area contributed by atoms with Crippen LogP contribution in [0.3, 0.4) is 0 Å². The second-order valence-corrected chi connectivity index (χ2v) is 7.30. The number of ether oxygens (including phenoxy) is 1. The number of allylic oxidation sites excluding steroid dienone is 1. The maximum atomic E-state index is 12.3. The molecule has 1 aromatic rings. The lowest BCUT2D eigenvalue weighted by Gasteiger charge is -2.36. The van der Waals surface area contributed by atoms with Gasteiger partial charge in [-0.1, -0.05) is 23.8 Å². The Kier molecular flexibility index (Phi) is 6.01. The number of nitrogens with zero attached hydrogens (tertiary/aromatic N) is 1. The zero-order valence-electron chi connectivity index (χ0n) is 15.7. The monoisotopic (exact) mass is 345 g/mol. The predicted octanol–water partition coefficient (Wildman–Crippen LogP) is 4.06. The maximum Gasteiger partial charge on any atom is 0.337 e. The number of piperidine rings is 1. The van der Waals surface area contributed by atoms with Gasteiger partial charge in [0, 0.05) is 6.54 Å². The summed E-state index contributed by atoms with van der Waals surface area (Å²) in [7, 11) is 1.36. The van der Waals surface area contributed by atoms with Crippen LogP contribution in [0.15, 0.2) is 35.9 Å². The minimum atomic E-state index is -0.555. The third kappa shape index (κ3) is 4.69. The fraction of sp³-hybridized carbons (Fsp3) is 0.500. The van der Waals surface area contributed by atoms with Gasteiger partial charge in [0.25, 0.3) is 0 Å². The smallest absolute Gasteiger partial charge is 0.337 e. The Morgan fingerprint density at radius 1 is 1.20 bits per heavy atom. The van der Waals surface area contributed by atoms with Crippen LogP contribution >= 0.6 is 0 Å². The summed E-state index contributed by atoms with van der Waals surface area (Å²) in [6, 6.07) is 7.22. The van der Waals surface area contributed by atoms with E-state index in [0.717, 1.165) is 18.4 Å². The molecule has 5 heteroatoms. The quantitative estimate of drug-likeness (QED) is 0.611. The number of hydrogen-bond acceptors (Lipinski definition) is 5. The summed E-state index contributed by atoms with van der Waals surface area (Å²) in [5.74, 6) is -0.604. The van der Waals surface area contributed by atoms with Crippen LogP contribution in [-0.4, -0.2) is 30.7 Å². The molecule has 0 bridgehead atoms. The van der Waals surface area contributed by atoms with Crippen LogP contribution in [0.25, 0.3) is 0 Å². The molecule has 1 heterocycles. The number of carbonyl (C=O) groups is 2. The van der Waals surface area contributed by atoms with Gasteiger partial charge in [0.1, 0.15) is 0 Å². The highest BCUT2D eigenvalue weighted by molar-refractivity contribution is 5.89. The molecule has 1 aromatic carbocycles. The van der Waals surface area contributed by atoms with Crippen molar-refractivity contribution in [1.82, 2.24) is 5.06 Å². The van der Waals surface area contributed by atoms with Crippen molar-refractivity contribution in [3.63, 3.8) is 0 Å². The van der Waals surface area contributed by atoms with Gasteiger partial charge in [0.05, 0.1) is 24.1 Å². The van der Waals surface area contributed by atoms with E-state index in [2.05, 4.69) is 6.08 Å². The summed E-state index contributed by atoms with van der Waals surface area (Å²) in [5.41, 5.74) is 2.30. The standard InChI is InChI=1S/C20H27NO4/c1-6-14-11-12-21(25-19(23)20(2,3)4)17(13-14)15-7-9-16(10-8-15)18(22)24-5/h6-10,17H,11-13H2,1-5H3. The Morgan fingerprint density at radius 2 is 1.84 bits per heavy atom. The van der Waals surface area contributed by atoms with E-state index in [1.54, 1.807) is 17.2 Å².